The maximum atomic E-state index is 12.3. The van der Waals surface area contributed by atoms with E-state index in [9.17, 15) is 4.79 Å². The third-order valence-electron chi connectivity index (χ3n) is 3.46. The van der Waals surface area contributed by atoms with Gasteiger partial charge >= 0.3 is 0 Å². The largest absolute Gasteiger partial charge is 0.439 e. The van der Waals surface area contributed by atoms with Gasteiger partial charge < -0.3 is 9.26 Å². The second-order valence-corrected chi connectivity index (χ2v) is 5.90. The normalized spacial score (nSPS) is 10.5. The van der Waals surface area contributed by atoms with Gasteiger partial charge in [0.1, 0.15) is 16.6 Å². The predicted molar refractivity (Wildman–Crippen MR) is 96.6 cm³/mol. The smallest absolute Gasteiger partial charge is 0.276 e. The molecule has 3 aromatic rings. The summed E-state index contributed by atoms with van der Waals surface area (Å²) in [6.45, 7) is 2.10. The number of unbranched alkanes of at least 4 members (excludes halogenated alkanes) is 1. The van der Waals surface area contributed by atoms with Crippen LogP contribution in [-0.2, 0) is 6.42 Å². The number of carbonyl (C=O) groups excluding carboxylic acids is 1. The lowest BCUT2D eigenvalue weighted by Crippen LogP contribution is -2.13. The van der Waals surface area contributed by atoms with Crippen molar-refractivity contribution in [2.45, 2.75) is 26.2 Å². The molecule has 0 saturated heterocycles. The van der Waals surface area contributed by atoms with Crippen LogP contribution in [0, 0.1) is 0 Å². The van der Waals surface area contributed by atoms with Crippen molar-refractivity contribution in [1.82, 2.24) is 15.1 Å². The molecule has 0 aromatic carbocycles. The summed E-state index contributed by atoms with van der Waals surface area (Å²) in [7, 11) is 0. The molecule has 0 spiro atoms. The number of carbonyl (C=O) groups is 1. The van der Waals surface area contributed by atoms with Crippen molar-refractivity contribution in [1.29, 1.82) is 0 Å². The van der Waals surface area contributed by atoms with Gasteiger partial charge in [-0.2, -0.15) is 0 Å². The summed E-state index contributed by atoms with van der Waals surface area (Å²) in [6, 6.07) is 9.81. The molecule has 0 saturated carbocycles. The molecule has 0 aliphatic rings. The first-order valence-corrected chi connectivity index (χ1v) is 8.55. The summed E-state index contributed by atoms with van der Waals surface area (Å²) >= 11 is 5.82. The number of rotatable bonds is 7. The predicted octanol–water partition coefficient (Wildman–Crippen LogP) is 4.51. The van der Waals surface area contributed by atoms with Gasteiger partial charge in [0.05, 0.1) is 5.69 Å². The Balaban J connectivity index is 1.67. The molecule has 3 rings (SSSR count). The van der Waals surface area contributed by atoms with E-state index in [-0.39, 0.29) is 17.5 Å². The molecule has 0 unspecified atom stereocenters. The highest BCUT2D eigenvalue weighted by atomic mass is 35.5. The number of hydrogen-bond acceptors (Lipinski definition) is 6. The molecule has 26 heavy (non-hydrogen) atoms. The summed E-state index contributed by atoms with van der Waals surface area (Å²) in [4.78, 5) is 20.4. The van der Waals surface area contributed by atoms with E-state index in [2.05, 4.69) is 27.4 Å². The number of halogens is 1. The van der Waals surface area contributed by atoms with Crippen LogP contribution in [0.25, 0.3) is 0 Å². The van der Waals surface area contributed by atoms with E-state index in [4.69, 9.17) is 20.9 Å². The molecule has 7 nitrogen and oxygen atoms in total. The van der Waals surface area contributed by atoms with Gasteiger partial charge in [-0.25, -0.2) is 9.97 Å². The van der Waals surface area contributed by atoms with Gasteiger partial charge in [0.2, 0.25) is 11.8 Å². The second kappa shape index (κ2) is 8.44. The molecule has 0 fully saturated rings. The maximum absolute atomic E-state index is 12.3. The fourth-order valence-electron chi connectivity index (χ4n) is 2.19. The monoisotopic (exact) mass is 372 g/mol. The number of aromatic nitrogens is 3. The van der Waals surface area contributed by atoms with Crippen LogP contribution >= 0.6 is 11.6 Å². The molecular weight excluding hydrogens is 356 g/mol. The number of nitrogens with one attached hydrogen (secondary N) is 1. The minimum absolute atomic E-state index is 0.189. The lowest BCUT2D eigenvalue weighted by molar-refractivity contribution is 0.101. The van der Waals surface area contributed by atoms with Gasteiger partial charge in [0.15, 0.2) is 0 Å². The van der Waals surface area contributed by atoms with Gasteiger partial charge in [0.25, 0.3) is 5.91 Å². The number of anilines is 1. The summed E-state index contributed by atoms with van der Waals surface area (Å²) in [5, 5.41) is 6.87. The first-order chi connectivity index (χ1) is 12.6. The van der Waals surface area contributed by atoms with Crippen LogP contribution in [0.2, 0.25) is 5.15 Å². The lowest BCUT2D eigenvalue weighted by Gasteiger charge is -2.06. The molecule has 0 bridgehead atoms. The van der Waals surface area contributed by atoms with Crippen LogP contribution < -0.4 is 10.1 Å². The van der Waals surface area contributed by atoms with Gasteiger partial charge in [-0.3, -0.25) is 10.1 Å². The van der Waals surface area contributed by atoms with E-state index in [1.807, 2.05) is 0 Å². The molecular formula is C18H17ClN4O3. The number of aryl methyl sites for hydroxylation is 1. The third-order valence-corrected chi connectivity index (χ3v) is 3.67. The zero-order valence-electron chi connectivity index (χ0n) is 14.1. The SMILES string of the molecule is CCCCc1cc(NC(=O)c2cccc(Oc3ccnc(Cl)c3)n2)on1. The van der Waals surface area contributed by atoms with Crippen molar-refractivity contribution in [2.75, 3.05) is 5.32 Å². The van der Waals surface area contributed by atoms with Crippen LogP contribution in [0.15, 0.2) is 47.1 Å². The fourth-order valence-corrected chi connectivity index (χ4v) is 2.35. The van der Waals surface area contributed by atoms with Crippen LogP contribution in [0.1, 0.15) is 35.9 Å². The van der Waals surface area contributed by atoms with E-state index in [1.54, 1.807) is 36.4 Å². The first-order valence-electron chi connectivity index (χ1n) is 8.17. The number of hydrogen-bond donors (Lipinski definition) is 1. The minimum Gasteiger partial charge on any atom is -0.439 e. The summed E-state index contributed by atoms with van der Waals surface area (Å²) in [5.41, 5.74) is 0.996. The Bertz CT molecular complexity index is 897. The van der Waals surface area contributed by atoms with Crippen molar-refractivity contribution < 1.29 is 14.1 Å². The molecule has 3 aromatic heterocycles. The highest BCUT2D eigenvalue weighted by Crippen LogP contribution is 2.21. The van der Waals surface area contributed by atoms with Gasteiger partial charge in [-0.15, -0.1) is 0 Å². The Kier molecular flexibility index (Phi) is 5.80. The molecule has 134 valence electrons. The minimum atomic E-state index is -0.415. The molecule has 0 aliphatic heterocycles. The number of nitrogens with zero attached hydrogens (tertiary/aromatic N) is 3. The number of ether oxygens (including phenoxy) is 1. The highest BCUT2D eigenvalue weighted by Gasteiger charge is 2.13. The fraction of sp³-hybridized carbons (Fsp3) is 0.222. The van der Waals surface area contributed by atoms with E-state index >= 15 is 0 Å². The average molecular weight is 373 g/mol. The summed E-state index contributed by atoms with van der Waals surface area (Å²) in [5.74, 6) is 0.614. The molecule has 3 heterocycles. The number of pyridine rings is 2. The molecule has 1 amide bonds. The van der Waals surface area contributed by atoms with E-state index in [0.717, 1.165) is 25.0 Å². The Morgan fingerprint density at radius 3 is 3.00 bits per heavy atom. The molecule has 8 heteroatoms. The van der Waals surface area contributed by atoms with Crippen LogP contribution in [0.5, 0.6) is 11.6 Å². The summed E-state index contributed by atoms with van der Waals surface area (Å²) in [6.07, 6.45) is 4.41. The zero-order valence-corrected chi connectivity index (χ0v) is 14.9. The lowest BCUT2D eigenvalue weighted by atomic mass is 10.2. The second-order valence-electron chi connectivity index (χ2n) is 5.52. The van der Waals surface area contributed by atoms with Crippen molar-refractivity contribution in [3.05, 3.63) is 59.1 Å². The van der Waals surface area contributed by atoms with Crippen molar-refractivity contribution in [2.24, 2.45) is 0 Å². The van der Waals surface area contributed by atoms with Crippen LogP contribution in [0.4, 0.5) is 5.88 Å². The van der Waals surface area contributed by atoms with Crippen molar-refractivity contribution in [3.8, 4) is 11.6 Å². The average Bonchev–Trinajstić information content (AvgIpc) is 3.07. The topological polar surface area (TPSA) is 90.1 Å². The maximum Gasteiger partial charge on any atom is 0.276 e. The van der Waals surface area contributed by atoms with Gasteiger partial charge in [-0.05, 0) is 25.0 Å². The first kappa shape index (κ1) is 17.9. The van der Waals surface area contributed by atoms with Crippen molar-refractivity contribution >= 4 is 23.4 Å². The Labute approximate surface area is 155 Å². The molecule has 0 aliphatic carbocycles. The third kappa shape index (κ3) is 4.80. The highest BCUT2D eigenvalue weighted by molar-refractivity contribution is 6.29. The standard InChI is InChI=1S/C18H17ClN4O3/c1-2-3-5-12-10-17(26-23-12)22-18(24)14-6-4-7-16(21-14)25-13-8-9-20-15(19)11-13/h4,6-11H,2-3,5H2,1H3,(H,22,24). The molecule has 1 N–H and O–H groups in total. The van der Waals surface area contributed by atoms with Crippen LogP contribution in [-0.4, -0.2) is 21.0 Å². The van der Waals surface area contributed by atoms with E-state index in [1.165, 1.54) is 6.20 Å². The quantitative estimate of drug-likeness (QED) is 0.614. The van der Waals surface area contributed by atoms with Gasteiger partial charge in [0, 0.05) is 24.4 Å². The number of amides is 1. The molecule has 0 radical (unpaired) electrons. The van der Waals surface area contributed by atoms with Crippen LogP contribution in [0.3, 0.4) is 0 Å². The zero-order chi connectivity index (χ0) is 18.4. The van der Waals surface area contributed by atoms with Gasteiger partial charge in [-0.1, -0.05) is 36.2 Å². The molecule has 0 atom stereocenters. The van der Waals surface area contributed by atoms with E-state index in [0.29, 0.717) is 10.9 Å². The van der Waals surface area contributed by atoms with E-state index < -0.39 is 5.91 Å². The Hall–Kier alpha value is -2.93. The Morgan fingerprint density at radius 2 is 2.19 bits per heavy atom. The summed E-state index contributed by atoms with van der Waals surface area (Å²) < 4.78 is 10.7. The van der Waals surface area contributed by atoms with Crippen molar-refractivity contribution in [3.63, 3.8) is 0 Å². The Morgan fingerprint density at radius 1 is 1.31 bits per heavy atom.